The van der Waals surface area contributed by atoms with E-state index in [0.717, 1.165) is 43.5 Å². The van der Waals surface area contributed by atoms with Gasteiger partial charge in [0.05, 0.1) is 48.8 Å². The van der Waals surface area contributed by atoms with Crippen LogP contribution < -0.4 is 0 Å². The van der Waals surface area contributed by atoms with E-state index in [1.54, 1.807) is 11.3 Å². The van der Waals surface area contributed by atoms with Crippen LogP contribution in [0.1, 0.15) is 0 Å². The van der Waals surface area contributed by atoms with E-state index >= 15 is 0 Å². The number of nitrogens with zero attached hydrogens (tertiary/aromatic N) is 5. The normalized spacial score (nSPS) is 12.6. The Morgan fingerprint density at radius 1 is 0.393 bits per heavy atom. The molecule has 0 spiro atoms. The third-order valence-corrected chi connectivity index (χ3v) is 13.3. The molecular weight excluding hydrogens is 703 g/mol. The molecule has 0 saturated heterocycles. The van der Waals surface area contributed by atoms with E-state index in [1.165, 1.54) is 75.1 Å². The molecule has 0 atom stereocenters. The van der Waals surface area contributed by atoms with Crippen LogP contribution in [-0.4, -0.2) is 23.5 Å². The van der Waals surface area contributed by atoms with E-state index in [0.29, 0.717) is 5.95 Å². The molecule has 0 amide bonds. The lowest BCUT2D eigenvalue weighted by atomic mass is 9.99. The van der Waals surface area contributed by atoms with Crippen molar-refractivity contribution in [2.75, 3.05) is 0 Å². The fourth-order valence-corrected chi connectivity index (χ4v) is 11.1. The van der Waals surface area contributed by atoms with E-state index < -0.39 is 0 Å². The number of hydrogen-bond acceptors (Lipinski definition) is 3. The average molecular weight is 730 g/mol. The Balaban J connectivity index is 1.23. The average Bonchev–Trinajstić information content (AvgIpc) is 4.05. The van der Waals surface area contributed by atoms with Crippen LogP contribution in [0.5, 0.6) is 0 Å². The van der Waals surface area contributed by atoms with Crippen LogP contribution in [0.2, 0.25) is 0 Å². The van der Waals surface area contributed by atoms with Crippen LogP contribution in [-0.2, 0) is 0 Å². The van der Waals surface area contributed by atoms with Crippen LogP contribution >= 0.6 is 11.3 Å². The Hall–Kier alpha value is -7.28. The highest BCUT2D eigenvalue weighted by atomic mass is 32.1. The molecule has 0 fully saturated rings. The summed E-state index contributed by atoms with van der Waals surface area (Å²) in [5, 5.41) is 13.6. The van der Waals surface area contributed by atoms with Gasteiger partial charge in [-0.25, -0.2) is 4.98 Å². The van der Waals surface area contributed by atoms with Crippen molar-refractivity contribution < 1.29 is 0 Å². The number of hydrogen-bond donors (Lipinski definition) is 0. The molecule has 0 aliphatic carbocycles. The molecule has 6 heterocycles. The Kier molecular flexibility index (Phi) is 5.34. The third-order valence-electron chi connectivity index (χ3n) is 12.2. The molecule has 0 N–H and O–H groups in total. The predicted molar refractivity (Wildman–Crippen MR) is 236 cm³/mol. The van der Waals surface area contributed by atoms with E-state index in [9.17, 15) is 0 Å². The summed E-state index contributed by atoms with van der Waals surface area (Å²) >= 11 is 1.78. The van der Waals surface area contributed by atoms with Gasteiger partial charge in [-0.05, 0) is 53.2 Å². The van der Waals surface area contributed by atoms with E-state index in [-0.39, 0.29) is 0 Å². The fourth-order valence-electron chi connectivity index (χ4n) is 9.97. The summed E-state index contributed by atoms with van der Waals surface area (Å²) in [6.07, 6.45) is 0. The van der Waals surface area contributed by atoms with Crippen molar-refractivity contribution in [3.63, 3.8) is 0 Å². The van der Waals surface area contributed by atoms with Gasteiger partial charge >= 0.3 is 0 Å². The zero-order chi connectivity index (χ0) is 36.2. The molecule has 258 valence electrons. The molecule has 0 unspecified atom stereocenters. The van der Waals surface area contributed by atoms with E-state index in [2.05, 4.69) is 177 Å². The minimum atomic E-state index is 0.665. The van der Waals surface area contributed by atoms with Gasteiger partial charge in [-0.3, -0.25) is 9.13 Å². The lowest BCUT2D eigenvalue weighted by Gasteiger charge is -2.12. The van der Waals surface area contributed by atoms with Gasteiger partial charge in [0.15, 0.2) is 5.82 Å². The molecule has 5 nitrogen and oxygen atoms in total. The van der Waals surface area contributed by atoms with Gasteiger partial charge in [0.1, 0.15) is 0 Å². The van der Waals surface area contributed by atoms with Crippen molar-refractivity contribution in [2.24, 2.45) is 0 Å². The van der Waals surface area contributed by atoms with Crippen molar-refractivity contribution >= 4 is 124 Å². The third kappa shape index (κ3) is 3.47. The fraction of sp³-hybridized carbons (Fsp3) is 0. The molecule has 0 aliphatic rings. The first-order chi connectivity index (χ1) is 27.8. The minimum absolute atomic E-state index is 0.665. The van der Waals surface area contributed by atoms with Gasteiger partial charge in [-0.15, -0.1) is 11.3 Å². The van der Waals surface area contributed by atoms with Crippen molar-refractivity contribution in [3.05, 3.63) is 164 Å². The number of para-hydroxylation sites is 4. The summed E-state index contributed by atoms with van der Waals surface area (Å²) in [5.41, 5.74) is 9.15. The highest BCUT2D eigenvalue weighted by Gasteiger charge is 2.27. The lowest BCUT2D eigenvalue weighted by molar-refractivity contribution is 0.976. The first-order valence-corrected chi connectivity index (χ1v) is 19.8. The molecule has 0 radical (unpaired) electrons. The number of thiophene rings is 1. The van der Waals surface area contributed by atoms with Crippen LogP contribution in [0.3, 0.4) is 0 Å². The molecule has 6 aromatic heterocycles. The van der Waals surface area contributed by atoms with Gasteiger partial charge in [0.2, 0.25) is 5.95 Å². The maximum atomic E-state index is 5.69. The smallest absolute Gasteiger partial charge is 0.237 e. The van der Waals surface area contributed by atoms with Crippen LogP contribution in [0.15, 0.2) is 164 Å². The van der Waals surface area contributed by atoms with Crippen molar-refractivity contribution in [3.8, 4) is 11.8 Å². The number of rotatable bonds is 2. The molecular formula is C50H27N5S. The molecule has 56 heavy (non-hydrogen) atoms. The Bertz CT molecular complexity index is 3960. The number of benzene rings is 8. The van der Waals surface area contributed by atoms with Crippen LogP contribution in [0, 0.1) is 0 Å². The molecule has 6 heteroatoms. The topological polar surface area (TPSA) is 40.0 Å². The summed E-state index contributed by atoms with van der Waals surface area (Å²) in [6.45, 7) is 0. The summed E-state index contributed by atoms with van der Waals surface area (Å²) < 4.78 is 9.46. The number of fused-ring (bicyclic) bond motifs is 18. The summed E-state index contributed by atoms with van der Waals surface area (Å²) in [4.78, 5) is 11.2. The maximum absolute atomic E-state index is 5.69. The van der Waals surface area contributed by atoms with Gasteiger partial charge in [0, 0.05) is 53.2 Å². The number of aromatic nitrogens is 5. The Labute approximate surface area is 321 Å². The molecule has 0 saturated carbocycles. The van der Waals surface area contributed by atoms with Crippen molar-refractivity contribution in [2.45, 2.75) is 0 Å². The first kappa shape index (κ1) is 29.1. The summed E-state index contributed by atoms with van der Waals surface area (Å²) in [6, 6.07) is 59.5. The van der Waals surface area contributed by atoms with Gasteiger partial charge in [-0.2, -0.15) is 4.98 Å². The molecule has 0 bridgehead atoms. The first-order valence-electron chi connectivity index (χ1n) is 19.0. The molecule has 14 aromatic rings. The van der Waals surface area contributed by atoms with E-state index in [4.69, 9.17) is 9.97 Å². The highest BCUT2D eigenvalue weighted by molar-refractivity contribution is 7.26. The quantitative estimate of drug-likeness (QED) is 0.178. The Morgan fingerprint density at radius 2 is 0.982 bits per heavy atom. The Morgan fingerprint density at radius 3 is 1.73 bits per heavy atom. The molecule has 14 rings (SSSR count). The highest BCUT2D eigenvalue weighted by Crippen LogP contribution is 2.49. The molecule has 8 aromatic carbocycles. The zero-order valence-electron chi connectivity index (χ0n) is 29.7. The second-order valence-electron chi connectivity index (χ2n) is 14.9. The standard InChI is InChI=1S/C50H27N5S/c1-2-14-29-28(13-1)25-26-40-43(29)35-27-41-44(45-33-18-6-10-22-38(33)53(40)47(35)45)32-17-5-11-23-39(32)54(41)49-48-46(34-19-7-12-24-42(34)56-48)51-50(52-49)55-36-20-8-3-15-30(36)31-16-4-9-21-37(31)55/h1-27H. The second kappa shape index (κ2) is 10.3. The lowest BCUT2D eigenvalue weighted by Crippen LogP contribution is -2.06. The second-order valence-corrected chi connectivity index (χ2v) is 16.0. The SMILES string of the molecule is c1ccc2c(c1)ccc1c2c2cc3c(c4ccccc4n3-c3nc(-n4c5ccccc5c5ccccc54)nc4c3sc3ccccc34)c3c4ccccc4n1c23. The van der Waals surface area contributed by atoms with Crippen molar-refractivity contribution in [1.82, 2.24) is 23.5 Å². The van der Waals surface area contributed by atoms with Gasteiger partial charge < -0.3 is 4.40 Å². The minimum Gasteiger partial charge on any atom is -0.308 e. The van der Waals surface area contributed by atoms with Gasteiger partial charge in [-0.1, -0.05) is 121 Å². The van der Waals surface area contributed by atoms with Gasteiger partial charge in [0.25, 0.3) is 0 Å². The molecule has 0 aliphatic heterocycles. The largest absolute Gasteiger partial charge is 0.308 e. The predicted octanol–water partition coefficient (Wildman–Crippen LogP) is 13.3. The zero-order valence-corrected chi connectivity index (χ0v) is 30.5. The van der Waals surface area contributed by atoms with E-state index in [1.807, 2.05) is 0 Å². The van der Waals surface area contributed by atoms with Crippen LogP contribution in [0.4, 0.5) is 0 Å². The van der Waals surface area contributed by atoms with Crippen LogP contribution in [0.25, 0.3) is 125 Å². The maximum Gasteiger partial charge on any atom is 0.237 e. The summed E-state index contributed by atoms with van der Waals surface area (Å²) in [5.74, 6) is 1.56. The van der Waals surface area contributed by atoms with Crippen molar-refractivity contribution in [1.29, 1.82) is 0 Å². The monoisotopic (exact) mass is 729 g/mol. The summed E-state index contributed by atoms with van der Waals surface area (Å²) in [7, 11) is 0.